The van der Waals surface area contributed by atoms with Crippen LogP contribution in [0, 0.1) is 5.82 Å². The van der Waals surface area contributed by atoms with Gasteiger partial charge < -0.3 is 10.1 Å². The third-order valence-electron chi connectivity index (χ3n) is 4.42. The highest BCUT2D eigenvalue weighted by atomic mass is 35.5. The van der Waals surface area contributed by atoms with Crippen LogP contribution in [-0.2, 0) is 24.4 Å². The van der Waals surface area contributed by atoms with Gasteiger partial charge in [0.1, 0.15) is 11.9 Å². The van der Waals surface area contributed by atoms with Gasteiger partial charge in [0.15, 0.2) is 5.69 Å². The predicted molar refractivity (Wildman–Crippen MR) is 96.6 cm³/mol. The molecule has 0 aliphatic carbocycles. The van der Waals surface area contributed by atoms with Gasteiger partial charge in [-0.05, 0) is 35.4 Å². The molecule has 3 aromatic rings. The molecule has 6 nitrogen and oxygen atoms in total. The van der Waals surface area contributed by atoms with Crippen molar-refractivity contribution in [1.82, 2.24) is 20.3 Å². The maximum Gasteiger partial charge on any atom is 0.274 e. The maximum atomic E-state index is 13.1. The van der Waals surface area contributed by atoms with E-state index in [0.717, 1.165) is 11.1 Å². The van der Waals surface area contributed by atoms with E-state index in [4.69, 9.17) is 16.3 Å². The molecule has 1 unspecified atom stereocenters. The van der Waals surface area contributed by atoms with Crippen LogP contribution in [0.5, 0.6) is 0 Å². The molecule has 0 saturated heterocycles. The van der Waals surface area contributed by atoms with E-state index in [1.54, 1.807) is 28.9 Å². The minimum Gasteiger partial charge on any atom is -0.365 e. The van der Waals surface area contributed by atoms with E-state index in [1.165, 1.54) is 12.1 Å². The lowest BCUT2D eigenvalue weighted by molar-refractivity contribution is -0.00180. The van der Waals surface area contributed by atoms with Crippen molar-refractivity contribution in [3.8, 4) is 0 Å². The molecule has 1 amide bonds. The molecule has 0 saturated carbocycles. The number of ether oxygens (including phenoxy) is 1. The van der Waals surface area contributed by atoms with Crippen molar-refractivity contribution in [2.24, 2.45) is 0 Å². The Morgan fingerprint density at radius 3 is 2.70 bits per heavy atom. The van der Waals surface area contributed by atoms with Crippen LogP contribution in [0.4, 0.5) is 4.39 Å². The maximum absolute atomic E-state index is 13.1. The first kappa shape index (κ1) is 17.6. The van der Waals surface area contributed by atoms with E-state index in [0.29, 0.717) is 23.8 Å². The standard InChI is InChI=1S/C19H16ClFN4O2/c20-14-5-1-12(2-6-14)9-22-19(26)18-16-11-27-17(10-25(16)24-23-18)13-3-7-15(21)8-4-13/h1-8,17H,9-11H2,(H,22,26). The average molecular weight is 387 g/mol. The van der Waals surface area contributed by atoms with Gasteiger partial charge in [-0.3, -0.25) is 4.79 Å². The highest BCUT2D eigenvalue weighted by Crippen LogP contribution is 2.27. The van der Waals surface area contributed by atoms with Crippen LogP contribution in [-0.4, -0.2) is 20.9 Å². The van der Waals surface area contributed by atoms with Crippen molar-refractivity contribution >= 4 is 17.5 Å². The van der Waals surface area contributed by atoms with Gasteiger partial charge in [-0.25, -0.2) is 9.07 Å². The summed E-state index contributed by atoms with van der Waals surface area (Å²) in [6.07, 6.45) is -0.259. The SMILES string of the molecule is O=C(NCc1ccc(Cl)cc1)c1nnn2c1COC(c1ccc(F)cc1)C2. The summed E-state index contributed by atoms with van der Waals surface area (Å²) in [5.41, 5.74) is 2.66. The molecule has 0 spiro atoms. The first-order chi connectivity index (χ1) is 13.1. The van der Waals surface area contributed by atoms with Crippen molar-refractivity contribution in [3.05, 3.63) is 81.9 Å². The summed E-state index contributed by atoms with van der Waals surface area (Å²) in [4.78, 5) is 12.5. The van der Waals surface area contributed by atoms with Crippen LogP contribution in [0.1, 0.15) is 33.4 Å². The number of rotatable bonds is 4. The molecule has 1 aliphatic rings. The number of aromatic nitrogens is 3. The largest absolute Gasteiger partial charge is 0.365 e. The lowest BCUT2D eigenvalue weighted by Gasteiger charge is -2.24. The first-order valence-corrected chi connectivity index (χ1v) is 8.80. The Morgan fingerprint density at radius 2 is 1.96 bits per heavy atom. The summed E-state index contributed by atoms with van der Waals surface area (Å²) in [6, 6.07) is 13.4. The molecule has 0 fully saturated rings. The molecule has 1 aliphatic heterocycles. The van der Waals surface area contributed by atoms with Crippen LogP contribution in [0.15, 0.2) is 48.5 Å². The summed E-state index contributed by atoms with van der Waals surface area (Å²) in [5.74, 6) is -0.606. The van der Waals surface area contributed by atoms with Crippen molar-refractivity contribution in [1.29, 1.82) is 0 Å². The molecule has 27 heavy (non-hydrogen) atoms. The molecular formula is C19H16ClFN4O2. The minimum absolute atomic E-state index is 0.207. The Bertz CT molecular complexity index is 957. The molecule has 138 valence electrons. The predicted octanol–water partition coefficient (Wildman–Crippen LogP) is 3.27. The van der Waals surface area contributed by atoms with E-state index in [1.807, 2.05) is 12.1 Å². The van der Waals surface area contributed by atoms with Crippen LogP contribution >= 0.6 is 11.6 Å². The Balaban J connectivity index is 1.43. The van der Waals surface area contributed by atoms with Gasteiger partial charge in [-0.2, -0.15) is 0 Å². The van der Waals surface area contributed by atoms with Crippen molar-refractivity contribution in [2.75, 3.05) is 0 Å². The van der Waals surface area contributed by atoms with E-state index in [9.17, 15) is 9.18 Å². The number of amides is 1. The lowest BCUT2D eigenvalue weighted by Crippen LogP contribution is -2.27. The van der Waals surface area contributed by atoms with Gasteiger partial charge in [0, 0.05) is 11.6 Å². The van der Waals surface area contributed by atoms with E-state index < -0.39 is 0 Å². The fraction of sp³-hybridized carbons (Fsp3) is 0.211. The molecule has 0 radical (unpaired) electrons. The minimum atomic E-state index is -0.310. The molecular weight excluding hydrogens is 371 g/mol. The van der Waals surface area contributed by atoms with E-state index >= 15 is 0 Å². The van der Waals surface area contributed by atoms with Crippen LogP contribution in [0.2, 0.25) is 5.02 Å². The van der Waals surface area contributed by atoms with Gasteiger partial charge in [0.25, 0.3) is 5.91 Å². The number of benzene rings is 2. The number of halogens is 2. The molecule has 1 N–H and O–H groups in total. The molecule has 1 atom stereocenters. The zero-order valence-corrected chi connectivity index (χ0v) is 15.0. The topological polar surface area (TPSA) is 69.0 Å². The third kappa shape index (κ3) is 3.84. The van der Waals surface area contributed by atoms with Gasteiger partial charge in [0.2, 0.25) is 0 Å². The third-order valence-corrected chi connectivity index (χ3v) is 4.67. The van der Waals surface area contributed by atoms with E-state index in [-0.39, 0.29) is 30.1 Å². The Hall–Kier alpha value is -2.77. The second-order valence-corrected chi connectivity index (χ2v) is 6.66. The number of hydrogen-bond donors (Lipinski definition) is 1. The zero-order valence-electron chi connectivity index (χ0n) is 14.2. The van der Waals surface area contributed by atoms with Crippen LogP contribution in [0.25, 0.3) is 0 Å². The summed E-state index contributed by atoms with van der Waals surface area (Å²) >= 11 is 5.86. The number of hydrogen-bond acceptors (Lipinski definition) is 4. The average Bonchev–Trinajstić information content (AvgIpc) is 3.11. The first-order valence-electron chi connectivity index (χ1n) is 8.42. The molecule has 2 aromatic carbocycles. The smallest absolute Gasteiger partial charge is 0.274 e. The zero-order chi connectivity index (χ0) is 18.8. The summed E-state index contributed by atoms with van der Waals surface area (Å²) in [7, 11) is 0. The fourth-order valence-electron chi connectivity index (χ4n) is 2.94. The second kappa shape index (κ2) is 7.46. The highest BCUT2D eigenvalue weighted by Gasteiger charge is 2.27. The van der Waals surface area contributed by atoms with Gasteiger partial charge in [-0.1, -0.05) is 41.1 Å². The van der Waals surface area contributed by atoms with Crippen LogP contribution in [0.3, 0.4) is 0 Å². The highest BCUT2D eigenvalue weighted by molar-refractivity contribution is 6.30. The molecule has 0 bridgehead atoms. The van der Waals surface area contributed by atoms with Gasteiger partial charge in [-0.15, -0.1) is 5.10 Å². The van der Waals surface area contributed by atoms with Crippen molar-refractivity contribution in [3.63, 3.8) is 0 Å². The quantitative estimate of drug-likeness (QED) is 0.747. The fourth-order valence-corrected chi connectivity index (χ4v) is 3.06. The summed E-state index contributed by atoms with van der Waals surface area (Å²) < 4.78 is 20.6. The number of carbonyl (C=O) groups excluding carboxylic acids is 1. The lowest BCUT2D eigenvalue weighted by atomic mass is 10.1. The summed E-state index contributed by atoms with van der Waals surface area (Å²) in [5, 5.41) is 11.5. The van der Waals surface area contributed by atoms with Crippen molar-refractivity contribution in [2.45, 2.75) is 25.8 Å². The van der Waals surface area contributed by atoms with Crippen molar-refractivity contribution < 1.29 is 13.9 Å². The second-order valence-electron chi connectivity index (χ2n) is 6.23. The monoisotopic (exact) mass is 386 g/mol. The number of nitrogens with one attached hydrogen (secondary N) is 1. The Labute approximate surface area is 159 Å². The van der Waals surface area contributed by atoms with E-state index in [2.05, 4.69) is 15.6 Å². The molecule has 8 heteroatoms. The summed E-state index contributed by atoms with van der Waals surface area (Å²) in [6.45, 7) is 0.985. The number of nitrogens with zero attached hydrogens (tertiary/aromatic N) is 3. The normalized spacial score (nSPS) is 16.0. The molecule has 2 heterocycles. The van der Waals surface area contributed by atoms with Gasteiger partial charge in [0.05, 0.1) is 18.8 Å². The van der Waals surface area contributed by atoms with Crippen LogP contribution < -0.4 is 5.32 Å². The number of fused-ring (bicyclic) bond motifs is 1. The molecule has 4 rings (SSSR count). The van der Waals surface area contributed by atoms with Gasteiger partial charge >= 0.3 is 0 Å². The number of carbonyl (C=O) groups is 1. The Morgan fingerprint density at radius 1 is 1.22 bits per heavy atom. The Kier molecular flexibility index (Phi) is 4.87. The molecule has 1 aromatic heterocycles.